The Bertz CT molecular complexity index is 189. The van der Waals surface area contributed by atoms with Crippen molar-refractivity contribution < 1.29 is 0 Å². The summed E-state index contributed by atoms with van der Waals surface area (Å²) in [7, 11) is 2.28. The van der Waals surface area contributed by atoms with E-state index in [9.17, 15) is 0 Å². The molecule has 0 amide bonds. The second-order valence-corrected chi connectivity index (χ2v) is 5.54. The lowest BCUT2D eigenvalue weighted by molar-refractivity contribution is 0.0542. The third-order valence-corrected chi connectivity index (χ3v) is 3.68. The molecule has 2 saturated heterocycles. The van der Waals surface area contributed by atoms with Crippen molar-refractivity contribution in [3.63, 3.8) is 0 Å². The molecule has 0 bridgehead atoms. The molecule has 2 rings (SSSR count). The fourth-order valence-corrected chi connectivity index (χ4v) is 3.19. The Morgan fingerprint density at radius 2 is 2.07 bits per heavy atom. The predicted molar refractivity (Wildman–Crippen MR) is 60.5 cm³/mol. The molecule has 0 aliphatic carbocycles. The van der Waals surface area contributed by atoms with Crippen LogP contribution in [-0.2, 0) is 0 Å². The summed E-state index contributed by atoms with van der Waals surface area (Å²) >= 11 is 0. The molecule has 0 aromatic heterocycles. The van der Waals surface area contributed by atoms with Gasteiger partial charge in [0.25, 0.3) is 0 Å². The van der Waals surface area contributed by atoms with E-state index in [-0.39, 0.29) is 0 Å². The van der Waals surface area contributed by atoms with Crippen LogP contribution in [-0.4, -0.2) is 48.6 Å². The van der Waals surface area contributed by atoms with Gasteiger partial charge in [-0.25, -0.2) is 0 Å². The van der Waals surface area contributed by atoms with Crippen molar-refractivity contribution >= 4 is 0 Å². The summed E-state index contributed by atoms with van der Waals surface area (Å²) in [5.74, 6) is 0.841. The maximum Gasteiger partial charge on any atom is 0.0228 e. The maximum absolute atomic E-state index is 2.78. The average molecular weight is 196 g/mol. The van der Waals surface area contributed by atoms with Crippen molar-refractivity contribution in [1.29, 1.82) is 0 Å². The van der Waals surface area contributed by atoms with Crippen molar-refractivity contribution in [1.82, 2.24) is 9.80 Å². The van der Waals surface area contributed by atoms with E-state index in [0.29, 0.717) is 0 Å². The highest BCUT2D eigenvalue weighted by Crippen LogP contribution is 2.27. The van der Waals surface area contributed by atoms with Gasteiger partial charge in [0.1, 0.15) is 0 Å². The molecular weight excluding hydrogens is 172 g/mol. The molecule has 0 aromatic rings. The maximum atomic E-state index is 2.78. The van der Waals surface area contributed by atoms with E-state index >= 15 is 0 Å². The fourth-order valence-electron chi connectivity index (χ4n) is 3.19. The molecule has 2 aliphatic rings. The van der Waals surface area contributed by atoms with Crippen molar-refractivity contribution in [3.05, 3.63) is 0 Å². The summed E-state index contributed by atoms with van der Waals surface area (Å²) in [6, 6.07) is 1.71. The predicted octanol–water partition coefficient (Wildman–Crippen LogP) is 1.81. The minimum absolute atomic E-state index is 0.834. The quantitative estimate of drug-likeness (QED) is 0.664. The molecule has 0 saturated carbocycles. The first-order chi connectivity index (χ1) is 6.66. The fraction of sp³-hybridized carbons (Fsp3) is 1.00. The first kappa shape index (κ1) is 10.4. The van der Waals surface area contributed by atoms with Crippen LogP contribution in [0.25, 0.3) is 0 Å². The van der Waals surface area contributed by atoms with Gasteiger partial charge >= 0.3 is 0 Å². The van der Waals surface area contributed by atoms with Crippen LogP contribution in [0.4, 0.5) is 0 Å². The smallest absolute Gasteiger partial charge is 0.0228 e. The first-order valence-corrected chi connectivity index (χ1v) is 6.11. The summed E-state index contributed by atoms with van der Waals surface area (Å²) in [5, 5.41) is 0. The molecule has 0 radical (unpaired) electrons. The lowest BCUT2D eigenvalue weighted by Crippen LogP contribution is -2.55. The molecule has 0 N–H and O–H groups in total. The molecule has 2 heterocycles. The number of hydrogen-bond donors (Lipinski definition) is 0. The largest absolute Gasteiger partial charge is 0.303 e. The monoisotopic (exact) mass is 196 g/mol. The topological polar surface area (TPSA) is 6.48 Å². The van der Waals surface area contributed by atoms with Crippen LogP contribution in [0.5, 0.6) is 0 Å². The van der Waals surface area contributed by atoms with Crippen molar-refractivity contribution in [2.75, 3.05) is 26.7 Å². The average Bonchev–Trinajstić information content (AvgIpc) is 2.50. The second-order valence-electron chi connectivity index (χ2n) is 5.54. The summed E-state index contributed by atoms with van der Waals surface area (Å²) in [6.07, 6.45) is 4.23. The molecule has 14 heavy (non-hydrogen) atoms. The zero-order chi connectivity index (χ0) is 10.1. The Kier molecular flexibility index (Phi) is 3.13. The van der Waals surface area contributed by atoms with E-state index in [1.54, 1.807) is 0 Å². The van der Waals surface area contributed by atoms with E-state index in [4.69, 9.17) is 0 Å². The van der Waals surface area contributed by atoms with Gasteiger partial charge in [-0.2, -0.15) is 0 Å². The molecule has 2 nitrogen and oxygen atoms in total. The van der Waals surface area contributed by atoms with Crippen molar-refractivity contribution in [3.8, 4) is 0 Å². The van der Waals surface area contributed by atoms with Crippen LogP contribution >= 0.6 is 0 Å². The van der Waals surface area contributed by atoms with Crippen molar-refractivity contribution in [2.45, 2.75) is 45.2 Å². The Labute approximate surface area is 88.3 Å². The minimum Gasteiger partial charge on any atom is -0.303 e. The molecule has 0 spiro atoms. The number of rotatable bonds is 2. The van der Waals surface area contributed by atoms with Gasteiger partial charge in [0.05, 0.1) is 0 Å². The molecule has 2 atom stereocenters. The van der Waals surface area contributed by atoms with Crippen LogP contribution < -0.4 is 0 Å². The number of hydrogen-bond acceptors (Lipinski definition) is 2. The first-order valence-electron chi connectivity index (χ1n) is 6.11. The highest BCUT2D eigenvalue weighted by atomic mass is 15.3. The van der Waals surface area contributed by atoms with E-state index in [0.717, 1.165) is 18.0 Å². The van der Waals surface area contributed by atoms with Crippen LogP contribution in [0, 0.1) is 5.92 Å². The highest BCUT2D eigenvalue weighted by molar-refractivity contribution is 4.92. The van der Waals surface area contributed by atoms with E-state index in [1.165, 1.54) is 38.9 Å². The Morgan fingerprint density at radius 3 is 2.79 bits per heavy atom. The molecular formula is C12H24N2. The summed E-state index contributed by atoms with van der Waals surface area (Å²) in [5.41, 5.74) is 0. The van der Waals surface area contributed by atoms with Crippen molar-refractivity contribution in [2.24, 2.45) is 5.92 Å². The van der Waals surface area contributed by atoms with Crippen LogP contribution in [0.2, 0.25) is 0 Å². The van der Waals surface area contributed by atoms with Gasteiger partial charge in [0, 0.05) is 25.2 Å². The molecule has 2 aliphatic heterocycles. The zero-order valence-corrected chi connectivity index (χ0v) is 9.87. The zero-order valence-electron chi connectivity index (χ0n) is 9.87. The molecule has 2 unspecified atom stereocenters. The lowest BCUT2D eigenvalue weighted by atomic mass is 9.98. The summed E-state index contributed by atoms with van der Waals surface area (Å²) in [4.78, 5) is 5.31. The summed E-state index contributed by atoms with van der Waals surface area (Å²) < 4.78 is 0. The number of piperazine rings is 1. The van der Waals surface area contributed by atoms with Gasteiger partial charge in [0.2, 0.25) is 0 Å². The normalized spacial score (nSPS) is 35.1. The standard InChI is InChI=1S/C12H24N2/c1-10(2)7-12-9-13(3)8-11-5-4-6-14(11)12/h10-12H,4-9H2,1-3H3. The molecule has 82 valence electrons. The van der Waals surface area contributed by atoms with Crippen LogP contribution in [0.1, 0.15) is 33.1 Å². The van der Waals surface area contributed by atoms with Gasteiger partial charge in [-0.3, -0.25) is 4.90 Å². The molecule has 0 aromatic carbocycles. The van der Waals surface area contributed by atoms with Gasteiger partial charge in [-0.1, -0.05) is 13.8 Å². The lowest BCUT2D eigenvalue weighted by Gasteiger charge is -2.43. The molecule has 2 heteroatoms. The van der Waals surface area contributed by atoms with Crippen LogP contribution in [0.15, 0.2) is 0 Å². The van der Waals surface area contributed by atoms with Gasteiger partial charge < -0.3 is 4.90 Å². The van der Waals surface area contributed by atoms with Gasteiger partial charge in [-0.05, 0) is 38.8 Å². The molecule has 2 fully saturated rings. The van der Waals surface area contributed by atoms with E-state index < -0.39 is 0 Å². The second kappa shape index (κ2) is 4.19. The highest BCUT2D eigenvalue weighted by Gasteiger charge is 2.35. The van der Waals surface area contributed by atoms with E-state index in [1.807, 2.05) is 0 Å². The van der Waals surface area contributed by atoms with Gasteiger partial charge in [0.15, 0.2) is 0 Å². The van der Waals surface area contributed by atoms with Gasteiger partial charge in [-0.15, -0.1) is 0 Å². The Hall–Kier alpha value is -0.0800. The minimum atomic E-state index is 0.834. The number of likely N-dealkylation sites (N-methyl/N-ethyl adjacent to an activating group) is 1. The van der Waals surface area contributed by atoms with E-state index in [2.05, 4.69) is 30.7 Å². The third-order valence-electron chi connectivity index (χ3n) is 3.68. The Balaban J connectivity index is 1.99. The number of fused-ring (bicyclic) bond motifs is 1. The SMILES string of the molecule is CC(C)CC1CN(C)CC2CCCN21. The Morgan fingerprint density at radius 1 is 1.29 bits per heavy atom. The summed E-state index contributed by atoms with van der Waals surface area (Å²) in [6.45, 7) is 8.64. The van der Waals surface area contributed by atoms with Crippen LogP contribution in [0.3, 0.4) is 0 Å². The number of nitrogens with zero attached hydrogens (tertiary/aromatic N) is 2. The third kappa shape index (κ3) is 2.12.